The van der Waals surface area contributed by atoms with Crippen molar-refractivity contribution < 1.29 is 28.7 Å². The SMILES string of the molecule is COC(=O)CCCCCNC(=O)c1ccc(NC(=O)CN(CCn2ccnn2)C(=O)OC(C)(C)C)c(Cl)n1. The van der Waals surface area contributed by atoms with Crippen LogP contribution in [0.15, 0.2) is 24.5 Å². The summed E-state index contributed by atoms with van der Waals surface area (Å²) in [5.74, 6) is -1.20. The molecule has 0 saturated carbocycles. The van der Waals surface area contributed by atoms with Gasteiger partial charge >= 0.3 is 12.1 Å². The molecule has 0 radical (unpaired) electrons. The minimum atomic E-state index is -0.744. The molecule has 0 atom stereocenters. The van der Waals surface area contributed by atoms with Gasteiger partial charge in [-0.15, -0.1) is 5.10 Å². The number of pyridine rings is 1. The number of hydrogen-bond donors (Lipinski definition) is 2. The van der Waals surface area contributed by atoms with E-state index in [1.54, 1.807) is 27.0 Å². The molecule has 0 aliphatic heterocycles. The molecule has 38 heavy (non-hydrogen) atoms. The molecule has 2 aromatic rings. The third-order valence-corrected chi connectivity index (χ3v) is 5.27. The molecule has 0 aromatic carbocycles. The molecule has 13 nitrogen and oxygen atoms in total. The molecule has 2 heterocycles. The van der Waals surface area contributed by atoms with E-state index in [1.807, 2.05) is 0 Å². The van der Waals surface area contributed by atoms with Crippen LogP contribution < -0.4 is 10.6 Å². The van der Waals surface area contributed by atoms with E-state index in [0.29, 0.717) is 32.4 Å². The number of unbranched alkanes of at least 4 members (excludes halogenated alkanes) is 2. The topological polar surface area (TPSA) is 158 Å². The van der Waals surface area contributed by atoms with Crippen LogP contribution in [0.1, 0.15) is 56.9 Å². The minimum absolute atomic E-state index is 0.0736. The Kier molecular flexibility index (Phi) is 11.9. The van der Waals surface area contributed by atoms with Crippen LogP contribution in [-0.2, 0) is 25.6 Å². The molecule has 0 aliphatic rings. The zero-order valence-electron chi connectivity index (χ0n) is 22.0. The molecule has 2 N–H and O–H groups in total. The van der Waals surface area contributed by atoms with E-state index in [0.717, 1.165) is 6.42 Å². The molecule has 0 fully saturated rings. The van der Waals surface area contributed by atoms with Gasteiger partial charge in [-0.2, -0.15) is 0 Å². The van der Waals surface area contributed by atoms with E-state index >= 15 is 0 Å². The molecule has 208 valence electrons. The van der Waals surface area contributed by atoms with Gasteiger partial charge in [-0.1, -0.05) is 23.2 Å². The van der Waals surface area contributed by atoms with Gasteiger partial charge in [0, 0.05) is 25.7 Å². The first-order valence-electron chi connectivity index (χ1n) is 12.1. The lowest BCUT2D eigenvalue weighted by Gasteiger charge is -2.27. The zero-order chi connectivity index (χ0) is 28.1. The fourth-order valence-electron chi connectivity index (χ4n) is 3.12. The molecule has 0 spiro atoms. The third-order valence-electron chi connectivity index (χ3n) is 4.98. The van der Waals surface area contributed by atoms with Gasteiger partial charge in [0.1, 0.15) is 17.8 Å². The van der Waals surface area contributed by atoms with Crippen LogP contribution >= 0.6 is 11.6 Å². The Bertz CT molecular complexity index is 1090. The van der Waals surface area contributed by atoms with Crippen molar-refractivity contribution >= 4 is 41.2 Å². The maximum atomic E-state index is 12.7. The largest absolute Gasteiger partial charge is 0.469 e. The third kappa shape index (κ3) is 11.1. The molecular weight excluding hydrogens is 518 g/mol. The Hall–Kier alpha value is -3.74. The van der Waals surface area contributed by atoms with E-state index < -0.39 is 23.5 Å². The van der Waals surface area contributed by atoms with Gasteiger partial charge in [0.2, 0.25) is 5.91 Å². The van der Waals surface area contributed by atoms with Crippen molar-refractivity contribution in [3.8, 4) is 0 Å². The fraction of sp³-hybridized carbons (Fsp3) is 0.542. The first kappa shape index (κ1) is 30.5. The summed E-state index contributed by atoms with van der Waals surface area (Å²) < 4.78 is 11.5. The van der Waals surface area contributed by atoms with E-state index in [2.05, 4.69) is 30.7 Å². The molecule has 3 amide bonds. The summed E-state index contributed by atoms with van der Waals surface area (Å²) in [4.78, 5) is 54.1. The van der Waals surface area contributed by atoms with E-state index in [4.69, 9.17) is 16.3 Å². The molecule has 2 aromatic heterocycles. The second kappa shape index (κ2) is 14.9. The number of nitrogens with one attached hydrogen (secondary N) is 2. The number of aromatic nitrogens is 4. The van der Waals surface area contributed by atoms with Crippen LogP contribution in [0.2, 0.25) is 5.15 Å². The number of carbonyl (C=O) groups is 4. The number of hydrogen-bond acceptors (Lipinski definition) is 9. The molecule has 14 heteroatoms. The van der Waals surface area contributed by atoms with Crippen LogP contribution in [0.3, 0.4) is 0 Å². The van der Waals surface area contributed by atoms with Crippen LogP contribution in [0.5, 0.6) is 0 Å². The number of amides is 3. The first-order valence-corrected chi connectivity index (χ1v) is 12.5. The highest BCUT2D eigenvalue weighted by Gasteiger charge is 2.24. The van der Waals surface area contributed by atoms with Gasteiger partial charge in [0.05, 0.1) is 25.5 Å². The Morgan fingerprint density at radius 3 is 2.53 bits per heavy atom. The van der Waals surface area contributed by atoms with Gasteiger partial charge in [0.25, 0.3) is 5.91 Å². The number of nitrogens with zero attached hydrogens (tertiary/aromatic N) is 5. The number of ether oxygens (including phenoxy) is 2. The highest BCUT2D eigenvalue weighted by Crippen LogP contribution is 2.20. The van der Waals surface area contributed by atoms with E-state index in [-0.39, 0.29) is 35.6 Å². The monoisotopic (exact) mass is 551 g/mol. The summed E-state index contributed by atoms with van der Waals surface area (Å²) in [6, 6.07) is 2.90. The summed E-state index contributed by atoms with van der Waals surface area (Å²) in [7, 11) is 1.35. The van der Waals surface area contributed by atoms with Crippen molar-refractivity contribution in [3.63, 3.8) is 0 Å². The van der Waals surface area contributed by atoms with Gasteiger partial charge in [-0.05, 0) is 45.7 Å². The van der Waals surface area contributed by atoms with Crippen molar-refractivity contribution in [1.29, 1.82) is 0 Å². The number of methoxy groups -OCH3 is 1. The highest BCUT2D eigenvalue weighted by molar-refractivity contribution is 6.32. The number of esters is 1. The second-order valence-electron chi connectivity index (χ2n) is 9.29. The maximum absolute atomic E-state index is 12.7. The smallest absolute Gasteiger partial charge is 0.410 e. The van der Waals surface area contributed by atoms with Crippen molar-refractivity contribution in [3.05, 3.63) is 35.4 Å². The lowest BCUT2D eigenvalue weighted by atomic mass is 10.2. The summed E-state index contributed by atoms with van der Waals surface area (Å²) in [5, 5.41) is 12.9. The molecule has 0 unspecified atom stereocenters. The van der Waals surface area contributed by atoms with Crippen molar-refractivity contribution in [2.75, 3.05) is 32.1 Å². The molecule has 2 rings (SSSR count). The lowest BCUT2D eigenvalue weighted by Crippen LogP contribution is -2.43. The summed E-state index contributed by atoms with van der Waals surface area (Å²) in [6.45, 7) is 5.76. The average molecular weight is 552 g/mol. The molecular formula is C24H34ClN7O6. The molecule has 0 saturated heterocycles. The Balaban J connectivity index is 1.90. The molecule has 0 bridgehead atoms. The van der Waals surface area contributed by atoms with Crippen molar-refractivity contribution in [2.45, 2.75) is 58.6 Å². The first-order chi connectivity index (χ1) is 18.0. The van der Waals surface area contributed by atoms with Crippen LogP contribution in [-0.4, -0.2) is 81.1 Å². The zero-order valence-corrected chi connectivity index (χ0v) is 22.8. The van der Waals surface area contributed by atoms with Crippen LogP contribution in [0, 0.1) is 0 Å². The number of halogens is 1. The van der Waals surface area contributed by atoms with Crippen LogP contribution in [0.4, 0.5) is 10.5 Å². The quantitative estimate of drug-likeness (QED) is 0.217. The minimum Gasteiger partial charge on any atom is -0.469 e. The number of rotatable bonds is 13. The van der Waals surface area contributed by atoms with Crippen LogP contribution in [0.25, 0.3) is 0 Å². The van der Waals surface area contributed by atoms with Gasteiger partial charge in [0.15, 0.2) is 5.15 Å². The maximum Gasteiger partial charge on any atom is 0.410 e. The Labute approximate surface area is 226 Å². The number of anilines is 1. The highest BCUT2D eigenvalue weighted by atomic mass is 35.5. The normalized spacial score (nSPS) is 11.0. The summed E-state index contributed by atoms with van der Waals surface area (Å²) in [6.07, 6.45) is 4.95. The second-order valence-corrected chi connectivity index (χ2v) is 9.65. The predicted octanol–water partition coefficient (Wildman–Crippen LogP) is 2.67. The van der Waals surface area contributed by atoms with Crippen molar-refractivity contribution in [1.82, 2.24) is 30.2 Å². The number of carbonyl (C=O) groups excluding carboxylic acids is 4. The Morgan fingerprint density at radius 2 is 1.89 bits per heavy atom. The predicted molar refractivity (Wildman–Crippen MR) is 139 cm³/mol. The van der Waals surface area contributed by atoms with Crippen molar-refractivity contribution in [2.24, 2.45) is 0 Å². The summed E-state index contributed by atoms with van der Waals surface area (Å²) in [5.41, 5.74) is -0.464. The van der Waals surface area contributed by atoms with Gasteiger partial charge < -0.3 is 20.1 Å². The average Bonchev–Trinajstić information content (AvgIpc) is 3.37. The van der Waals surface area contributed by atoms with E-state index in [9.17, 15) is 19.2 Å². The standard InChI is InChI=1S/C24H34ClN7O6/c1-24(2,3)38-23(36)31(14-15-32-13-12-27-30-32)16-19(33)28-17-9-10-18(29-21(17)25)22(35)26-11-7-5-6-8-20(34)37-4/h9-10,12-13H,5-8,11,14-16H2,1-4H3,(H,26,35)(H,28,33). The van der Waals surface area contributed by atoms with Gasteiger partial charge in [-0.3, -0.25) is 24.0 Å². The fourth-order valence-corrected chi connectivity index (χ4v) is 3.32. The van der Waals surface area contributed by atoms with Gasteiger partial charge in [-0.25, -0.2) is 9.78 Å². The molecule has 0 aliphatic carbocycles. The van der Waals surface area contributed by atoms with E-state index in [1.165, 1.54) is 35.0 Å². The summed E-state index contributed by atoms with van der Waals surface area (Å²) >= 11 is 6.21. The Morgan fingerprint density at radius 1 is 1.13 bits per heavy atom. The lowest BCUT2D eigenvalue weighted by molar-refractivity contribution is -0.140.